The van der Waals surface area contributed by atoms with Gasteiger partial charge in [-0.25, -0.2) is 0 Å². The van der Waals surface area contributed by atoms with Crippen molar-refractivity contribution < 1.29 is 4.43 Å². The molecule has 0 unspecified atom stereocenters. The third kappa shape index (κ3) is 3.85. The lowest BCUT2D eigenvalue weighted by Gasteiger charge is -2.43. The van der Waals surface area contributed by atoms with Crippen molar-refractivity contribution in [3.63, 3.8) is 0 Å². The summed E-state index contributed by atoms with van der Waals surface area (Å²) in [7, 11) is -2.50. The Morgan fingerprint density at radius 1 is 0.815 bits per heavy atom. The molecule has 0 radical (unpaired) electrons. The zero-order chi connectivity index (χ0) is 19.5. The van der Waals surface area contributed by atoms with Crippen LogP contribution >= 0.6 is 0 Å². The molecule has 2 nitrogen and oxygen atoms in total. The lowest BCUT2D eigenvalue weighted by molar-refractivity contribution is 0.285. The summed E-state index contributed by atoms with van der Waals surface area (Å²) < 4.78 is 6.97. The third-order valence-electron chi connectivity index (χ3n) is 5.23. The Labute approximate surface area is 164 Å². The van der Waals surface area contributed by atoms with E-state index < -0.39 is 8.32 Å². The normalized spacial score (nSPS) is 12.1. The van der Waals surface area contributed by atoms with Crippen molar-refractivity contribution in [2.45, 2.75) is 39.3 Å². The van der Waals surface area contributed by atoms with Crippen LogP contribution in [-0.4, -0.2) is 8.32 Å². The number of nitrogens with two attached hydrogens (primary N) is 1. The van der Waals surface area contributed by atoms with E-state index in [0.29, 0.717) is 6.61 Å². The molecule has 27 heavy (non-hydrogen) atoms. The highest BCUT2D eigenvalue weighted by atomic mass is 28.4. The van der Waals surface area contributed by atoms with Crippen molar-refractivity contribution in [3.05, 3.63) is 90.0 Å². The summed E-state index contributed by atoms with van der Waals surface area (Å²) in [6.07, 6.45) is 0. The van der Waals surface area contributed by atoms with Gasteiger partial charge >= 0.3 is 0 Å². The van der Waals surface area contributed by atoms with E-state index in [2.05, 4.69) is 94.4 Å². The number of rotatable bonds is 5. The maximum atomic E-state index is 6.97. The number of hydrogen-bond donors (Lipinski definition) is 1. The molecule has 3 aromatic carbocycles. The van der Waals surface area contributed by atoms with Gasteiger partial charge in [0.2, 0.25) is 0 Å². The van der Waals surface area contributed by atoms with Crippen LogP contribution in [0.25, 0.3) is 0 Å². The van der Waals surface area contributed by atoms with Crippen LogP contribution in [0.1, 0.15) is 31.9 Å². The Balaban J connectivity index is 2.12. The molecular formula is C24H29NOSi. The monoisotopic (exact) mass is 375 g/mol. The fourth-order valence-electron chi connectivity index (χ4n) is 3.83. The molecule has 0 aromatic heterocycles. The predicted octanol–water partition coefficient (Wildman–Crippen LogP) is 4.65. The first-order chi connectivity index (χ1) is 12.8. The third-order valence-corrected chi connectivity index (χ3v) is 10.2. The molecule has 0 heterocycles. The largest absolute Gasteiger partial charge is 0.403 e. The molecule has 3 aromatic rings. The molecule has 140 valence electrons. The van der Waals surface area contributed by atoms with Crippen LogP contribution in [0.5, 0.6) is 0 Å². The molecule has 2 N–H and O–H groups in total. The topological polar surface area (TPSA) is 35.2 Å². The van der Waals surface area contributed by atoms with E-state index >= 15 is 0 Å². The number of nitrogen functional groups attached to an aromatic ring is 1. The van der Waals surface area contributed by atoms with Gasteiger partial charge in [-0.3, -0.25) is 0 Å². The van der Waals surface area contributed by atoms with Crippen LogP contribution in [0, 0.1) is 6.92 Å². The van der Waals surface area contributed by atoms with Gasteiger partial charge in [0.25, 0.3) is 8.32 Å². The second-order valence-electron chi connectivity index (χ2n) is 8.14. The molecule has 0 saturated carbocycles. The summed E-state index contributed by atoms with van der Waals surface area (Å²) in [5.74, 6) is 0. The van der Waals surface area contributed by atoms with Crippen molar-refractivity contribution in [2.24, 2.45) is 0 Å². The fourth-order valence-corrected chi connectivity index (χ4v) is 8.36. The predicted molar refractivity (Wildman–Crippen MR) is 118 cm³/mol. The van der Waals surface area contributed by atoms with Crippen molar-refractivity contribution in [3.8, 4) is 0 Å². The smallest absolute Gasteiger partial charge is 0.261 e. The first-order valence-corrected chi connectivity index (χ1v) is 11.4. The molecule has 0 fully saturated rings. The van der Waals surface area contributed by atoms with Gasteiger partial charge in [-0.05, 0) is 45.6 Å². The van der Waals surface area contributed by atoms with Crippen LogP contribution in [0.2, 0.25) is 5.04 Å². The van der Waals surface area contributed by atoms with Gasteiger partial charge in [0.15, 0.2) is 0 Å². The van der Waals surface area contributed by atoms with Crippen LogP contribution in [0.4, 0.5) is 5.69 Å². The van der Waals surface area contributed by atoms with Crippen LogP contribution < -0.4 is 16.1 Å². The summed E-state index contributed by atoms with van der Waals surface area (Å²) >= 11 is 0. The molecule has 0 atom stereocenters. The quantitative estimate of drug-likeness (QED) is 0.520. The molecule has 3 rings (SSSR count). The van der Waals surface area contributed by atoms with Crippen LogP contribution in [0.15, 0.2) is 78.9 Å². The average Bonchev–Trinajstić information content (AvgIpc) is 2.64. The highest BCUT2D eigenvalue weighted by molar-refractivity contribution is 6.99. The van der Waals surface area contributed by atoms with Crippen molar-refractivity contribution in [1.29, 1.82) is 0 Å². The van der Waals surface area contributed by atoms with Gasteiger partial charge in [0, 0.05) is 5.69 Å². The van der Waals surface area contributed by atoms with Gasteiger partial charge in [-0.2, -0.15) is 0 Å². The van der Waals surface area contributed by atoms with Gasteiger partial charge in [0.05, 0.1) is 6.61 Å². The zero-order valence-electron chi connectivity index (χ0n) is 16.7. The minimum Gasteiger partial charge on any atom is -0.403 e. The Kier molecular flexibility index (Phi) is 5.54. The maximum absolute atomic E-state index is 6.97. The Hall–Kier alpha value is -2.36. The van der Waals surface area contributed by atoms with Crippen LogP contribution in [0.3, 0.4) is 0 Å². The van der Waals surface area contributed by atoms with E-state index in [4.69, 9.17) is 10.2 Å². The van der Waals surface area contributed by atoms with E-state index in [-0.39, 0.29) is 5.04 Å². The van der Waals surface area contributed by atoms with Gasteiger partial charge in [0.1, 0.15) is 0 Å². The fraction of sp³-hybridized carbons (Fsp3) is 0.250. The Morgan fingerprint density at radius 3 is 1.78 bits per heavy atom. The first kappa shape index (κ1) is 19.4. The number of aryl methyl sites for hydroxylation is 1. The zero-order valence-corrected chi connectivity index (χ0v) is 17.7. The minimum absolute atomic E-state index is 0.0164. The van der Waals surface area contributed by atoms with Crippen molar-refractivity contribution >= 4 is 24.4 Å². The van der Waals surface area contributed by atoms with Gasteiger partial charge < -0.3 is 10.2 Å². The molecule has 0 amide bonds. The number of anilines is 1. The highest BCUT2D eigenvalue weighted by Gasteiger charge is 2.50. The Morgan fingerprint density at radius 2 is 1.33 bits per heavy atom. The first-order valence-electron chi connectivity index (χ1n) is 9.44. The summed E-state index contributed by atoms with van der Waals surface area (Å²) in [6.45, 7) is 9.58. The minimum atomic E-state index is -2.50. The molecular weight excluding hydrogens is 346 g/mol. The van der Waals surface area contributed by atoms with Crippen molar-refractivity contribution in [1.82, 2.24) is 0 Å². The van der Waals surface area contributed by atoms with Crippen LogP contribution in [-0.2, 0) is 11.0 Å². The van der Waals surface area contributed by atoms with E-state index in [1.54, 1.807) is 0 Å². The molecule has 0 aliphatic carbocycles. The molecule has 0 bridgehead atoms. The molecule has 0 aliphatic heterocycles. The summed E-state index contributed by atoms with van der Waals surface area (Å²) in [5, 5.41) is 2.59. The van der Waals surface area contributed by atoms with Gasteiger partial charge in [-0.1, -0.05) is 87.5 Å². The summed E-state index contributed by atoms with van der Waals surface area (Å²) in [6, 6.07) is 27.5. The van der Waals surface area contributed by atoms with E-state index in [0.717, 1.165) is 5.69 Å². The number of benzene rings is 3. The number of hydrogen-bond acceptors (Lipinski definition) is 2. The maximum Gasteiger partial charge on any atom is 0.261 e. The second kappa shape index (κ2) is 7.71. The molecule has 0 aliphatic rings. The molecule has 3 heteroatoms. The van der Waals surface area contributed by atoms with Gasteiger partial charge in [-0.15, -0.1) is 0 Å². The molecule has 0 spiro atoms. The second-order valence-corrected chi connectivity index (χ2v) is 12.4. The lowest BCUT2D eigenvalue weighted by Crippen LogP contribution is -2.66. The standard InChI is InChI=1S/C24H29NOSi/c1-19-17-21(25)16-15-20(19)18-26-27(24(2,3)4,22-11-7-5-8-12-22)23-13-9-6-10-14-23/h5-17H,18,25H2,1-4H3. The summed E-state index contributed by atoms with van der Waals surface area (Å²) in [4.78, 5) is 0. The summed E-state index contributed by atoms with van der Waals surface area (Å²) in [5.41, 5.74) is 9.09. The average molecular weight is 376 g/mol. The highest BCUT2D eigenvalue weighted by Crippen LogP contribution is 2.37. The van der Waals surface area contributed by atoms with E-state index in [1.807, 2.05) is 12.1 Å². The SMILES string of the molecule is Cc1cc(N)ccc1CO[Si](c1ccccc1)(c1ccccc1)C(C)(C)C. The molecule has 0 saturated heterocycles. The van der Waals surface area contributed by atoms with E-state index in [9.17, 15) is 0 Å². The lowest BCUT2D eigenvalue weighted by atomic mass is 10.1. The van der Waals surface area contributed by atoms with E-state index in [1.165, 1.54) is 21.5 Å². The van der Waals surface area contributed by atoms with Crippen molar-refractivity contribution in [2.75, 3.05) is 5.73 Å². The Bertz CT molecular complexity index is 846.